The van der Waals surface area contributed by atoms with E-state index in [4.69, 9.17) is 4.74 Å². The van der Waals surface area contributed by atoms with Crippen molar-refractivity contribution in [2.24, 2.45) is 41.4 Å². The van der Waals surface area contributed by atoms with Crippen LogP contribution in [0, 0.1) is 41.4 Å². The van der Waals surface area contributed by atoms with Gasteiger partial charge in [0.2, 0.25) is 17.7 Å². The SMILES string of the molecule is O=C(Oc1ccc(N2C(=O)[C@@H]3[C@H]4C=C[C@@H]([C@@H]5C[C@H]45)[C@H]3C2=O)cc1)[C@@H]1CC(=O)N(Cc2ccccc2)C1. The van der Waals surface area contributed by atoms with Crippen molar-refractivity contribution < 1.29 is 23.9 Å². The Kier molecular flexibility index (Phi) is 4.72. The van der Waals surface area contributed by atoms with Gasteiger partial charge in [-0.3, -0.25) is 24.1 Å². The Hall–Kier alpha value is -3.74. The predicted octanol–water partition coefficient (Wildman–Crippen LogP) is 3.20. The molecule has 2 saturated carbocycles. The summed E-state index contributed by atoms with van der Waals surface area (Å²) in [4.78, 5) is 54.8. The maximum atomic E-state index is 13.3. The summed E-state index contributed by atoms with van der Waals surface area (Å²) in [5.41, 5.74) is 1.53. The van der Waals surface area contributed by atoms with Gasteiger partial charge in [0.25, 0.3) is 0 Å². The topological polar surface area (TPSA) is 84.0 Å². The molecule has 0 spiro atoms. The summed E-state index contributed by atoms with van der Waals surface area (Å²) in [5.74, 6) is 0.0704. The van der Waals surface area contributed by atoms with E-state index < -0.39 is 11.9 Å². The van der Waals surface area contributed by atoms with Crippen molar-refractivity contribution in [1.29, 1.82) is 0 Å². The molecule has 36 heavy (non-hydrogen) atoms. The molecule has 7 heteroatoms. The third-order valence-electron chi connectivity index (χ3n) is 8.74. The quantitative estimate of drug-likeness (QED) is 0.283. The Bertz CT molecular complexity index is 1270. The van der Waals surface area contributed by atoms with Crippen molar-refractivity contribution in [2.45, 2.75) is 19.4 Å². The molecule has 2 saturated heterocycles. The number of carbonyl (C=O) groups is 4. The van der Waals surface area contributed by atoms with Gasteiger partial charge in [-0.15, -0.1) is 0 Å². The summed E-state index contributed by atoms with van der Waals surface area (Å²) in [7, 11) is 0. The van der Waals surface area contributed by atoms with E-state index in [0.717, 1.165) is 12.0 Å². The van der Waals surface area contributed by atoms with Crippen LogP contribution in [-0.4, -0.2) is 35.1 Å². The second kappa shape index (κ2) is 7.88. The molecule has 8 rings (SSSR count). The number of rotatable bonds is 5. The van der Waals surface area contributed by atoms with Crippen LogP contribution in [0.15, 0.2) is 66.7 Å². The Morgan fingerprint density at radius 3 is 2.14 bits per heavy atom. The number of benzene rings is 2. The third-order valence-corrected chi connectivity index (χ3v) is 8.74. The van der Waals surface area contributed by atoms with Gasteiger partial charge in [-0.1, -0.05) is 42.5 Å². The molecule has 7 atom stereocenters. The minimum Gasteiger partial charge on any atom is -0.426 e. The lowest BCUT2D eigenvalue weighted by Gasteiger charge is -2.37. The molecule has 2 aliphatic heterocycles. The second-order valence-corrected chi connectivity index (χ2v) is 10.7. The van der Waals surface area contributed by atoms with Crippen molar-refractivity contribution in [2.75, 3.05) is 11.4 Å². The summed E-state index contributed by atoms with van der Waals surface area (Å²) >= 11 is 0. The summed E-state index contributed by atoms with van der Waals surface area (Å²) in [6.07, 6.45) is 5.58. The van der Waals surface area contributed by atoms with E-state index in [1.807, 2.05) is 30.3 Å². The minimum absolute atomic E-state index is 0.0650. The molecule has 2 bridgehead atoms. The monoisotopic (exact) mass is 482 g/mol. The number of allylic oxidation sites excluding steroid dienone is 2. The van der Waals surface area contributed by atoms with Crippen molar-refractivity contribution in [3.05, 3.63) is 72.3 Å². The number of imide groups is 1. The molecule has 7 nitrogen and oxygen atoms in total. The number of ether oxygens (including phenoxy) is 1. The zero-order chi connectivity index (χ0) is 24.6. The van der Waals surface area contributed by atoms with Crippen molar-refractivity contribution in [3.63, 3.8) is 0 Å². The van der Waals surface area contributed by atoms with Crippen LogP contribution < -0.4 is 9.64 Å². The van der Waals surface area contributed by atoms with Crippen LogP contribution in [0.25, 0.3) is 0 Å². The number of hydrogen-bond donors (Lipinski definition) is 0. The van der Waals surface area contributed by atoms with Gasteiger partial charge >= 0.3 is 5.97 Å². The second-order valence-electron chi connectivity index (χ2n) is 10.7. The molecule has 2 heterocycles. The maximum Gasteiger partial charge on any atom is 0.316 e. The highest BCUT2D eigenvalue weighted by molar-refractivity contribution is 6.22. The molecular weight excluding hydrogens is 456 g/mol. The van der Waals surface area contributed by atoms with Gasteiger partial charge in [0.05, 0.1) is 23.4 Å². The molecule has 0 unspecified atom stereocenters. The zero-order valence-corrected chi connectivity index (χ0v) is 19.7. The molecular formula is C29H26N2O5. The molecule has 0 N–H and O–H groups in total. The standard InChI is InChI=1S/C29H26N2O5/c32-24-12-17(15-30(24)14-16-4-2-1-3-5-16)29(35)36-19-8-6-18(7-9-19)31-27(33)25-20-10-11-21(23-13-22(20)23)26(25)28(31)34/h1-11,17,20-23,25-26H,12-15H2/t17-,20+,21+,22-,23+,25-,26-/m1/s1. The third kappa shape index (κ3) is 3.25. The van der Waals surface area contributed by atoms with Crippen LogP contribution in [0.3, 0.4) is 0 Å². The number of amides is 3. The van der Waals surface area contributed by atoms with Crippen LogP contribution >= 0.6 is 0 Å². The molecule has 4 aliphatic carbocycles. The summed E-state index contributed by atoms with van der Waals surface area (Å²) < 4.78 is 5.56. The molecule has 2 aromatic rings. The van der Waals surface area contributed by atoms with E-state index in [9.17, 15) is 19.2 Å². The van der Waals surface area contributed by atoms with Crippen molar-refractivity contribution >= 4 is 29.4 Å². The van der Waals surface area contributed by atoms with E-state index in [2.05, 4.69) is 12.2 Å². The first-order chi connectivity index (χ1) is 17.5. The van der Waals surface area contributed by atoms with Crippen LogP contribution in [0.1, 0.15) is 18.4 Å². The lowest BCUT2D eigenvalue weighted by Crippen LogP contribution is -2.40. The largest absolute Gasteiger partial charge is 0.426 e. The van der Waals surface area contributed by atoms with E-state index >= 15 is 0 Å². The fraction of sp³-hybridized carbons (Fsp3) is 0.379. The smallest absolute Gasteiger partial charge is 0.316 e. The summed E-state index contributed by atoms with van der Waals surface area (Å²) in [6.45, 7) is 0.791. The number of likely N-dealkylation sites (tertiary alicyclic amines) is 1. The molecule has 0 aromatic heterocycles. The van der Waals surface area contributed by atoms with Gasteiger partial charge in [0.1, 0.15) is 5.75 Å². The highest BCUT2D eigenvalue weighted by atomic mass is 16.5. The molecule has 182 valence electrons. The van der Waals surface area contributed by atoms with E-state index in [1.165, 1.54) is 4.90 Å². The molecule has 3 amide bonds. The van der Waals surface area contributed by atoms with Crippen LogP contribution in [0.2, 0.25) is 0 Å². The van der Waals surface area contributed by atoms with Gasteiger partial charge in [0.15, 0.2) is 0 Å². The summed E-state index contributed by atoms with van der Waals surface area (Å²) in [6, 6.07) is 16.2. The van der Waals surface area contributed by atoms with Gasteiger partial charge in [0, 0.05) is 19.5 Å². The van der Waals surface area contributed by atoms with Crippen LogP contribution in [-0.2, 0) is 25.7 Å². The van der Waals surface area contributed by atoms with Crippen molar-refractivity contribution in [3.8, 4) is 5.75 Å². The first-order valence-electron chi connectivity index (χ1n) is 12.7. The molecule has 2 aromatic carbocycles. The van der Waals surface area contributed by atoms with Crippen LogP contribution in [0.5, 0.6) is 5.75 Å². The Morgan fingerprint density at radius 1 is 0.861 bits per heavy atom. The highest BCUT2D eigenvalue weighted by Crippen LogP contribution is 2.65. The van der Waals surface area contributed by atoms with Gasteiger partial charge in [-0.05, 0) is 59.9 Å². The Morgan fingerprint density at radius 2 is 1.50 bits per heavy atom. The first kappa shape index (κ1) is 21.5. The molecule has 4 fully saturated rings. The Balaban J connectivity index is 1.01. The zero-order valence-electron chi connectivity index (χ0n) is 19.7. The van der Waals surface area contributed by atoms with E-state index in [-0.39, 0.29) is 47.8 Å². The van der Waals surface area contributed by atoms with Gasteiger partial charge in [-0.25, -0.2) is 0 Å². The fourth-order valence-corrected chi connectivity index (χ4v) is 6.96. The first-order valence-corrected chi connectivity index (χ1v) is 12.7. The summed E-state index contributed by atoms with van der Waals surface area (Å²) in [5, 5.41) is 0. The highest BCUT2D eigenvalue weighted by Gasteiger charge is 2.67. The maximum absolute atomic E-state index is 13.3. The number of nitrogens with zero attached hydrogens (tertiary/aromatic N) is 2. The average Bonchev–Trinajstić information content (AvgIpc) is 3.58. The van der Waals surface area contributed by atoms with E-state index in [1.54, 1.807) is 29.2 Å². The van der Waals surface area contributed by atoms with Gasteiger partial charge in [-0.2, -0.15) is 0 Å². The minimum atomic E-state index is -0.528. The number of anilines is 1. The molecule has 0 radical (unpaired) electrons. The number of esters is 1. The molecule has 6 aliphatic rings. The predicted molar refractivity (Wildman–Crippen MR) is 129 cm³/mol. The van der Waals surface area contributed by atoms with Gasteiger partial charge < -0.3 is 9.64 Å². The normalized spacial score (nSPS) is 33.7. The number of carbonyl (C=O) groups excluding carboxylic acids is 4. The number of hydrogen-bond acceptors (Lipinski definition) is 5. The van der Waals surface area contributed by atoms with Crippen molar-refractivity contribution in [1.82, 2.24) is 4.90 Å². The van der Waals surface area contributed by atoms with Crippen LogP contribution in [0.4, 0.5) is 5.69 Å². The fourth-order valence-electron chi connectivity index (χ4n) is 6.96. The average molecular weight is 483 g/mol. The lowest BCUT2D eigenvalue weighted by molar-refractivity contribution is -0.139. The Labute approximate surface area is 208 Å². The lowest BCUT2D eigenvalue weighted by atomic mass is 9.63. The van der Waals surface area contributed by atoms with E-state index in [0.29, 0.717) is 36.4 Å².